The Morgan fingerprint density at radius 2 is 1.95 bits per heavy atom. The van der Waals surface area contributed by atoms with Gasteiger partial charge < -0.3 is 9.47 Å². The quantitative estimate of drug-likeness (QED) is 0.840. The van der Waals surface area contributed by atoms with E-state index in [1.165, 1.54) is 12.1 Å². The van der Waals surface area contributed by atoms with Crippen molar-refractivity contribution in [1.29, 1.82) is 0 Å². The fourth-order valence-corrected chi connectivity index (χ4v) is 3.58. The highest BCUT2D eigenvalue weighted by atomic mass is 35.5. The molecule has 1 aromatic rings. The molecule has 0 radical (unpaired) electrons. The van der Waals surface area contributed by atoms with E-state index in [9.17, 15) is 8.42 Å². The van der Waals surface area contributed by atoms with E-state index in [1.807, 2.05) is 0 Å². The average molecular weight is 318 g/mol. The summed E-state index contributed by atoms with van der Waals surface area (Å²) in [7, 11) is -3.56. The average Bonchev–Trinajstić information content (AvgIpc) is 3.29. The molecule has 7 heteroatoms. The molecule has 3 rings (SSSR count). The van der Waals surface area contributed by atoms with Crippen LogP contribution in [0.25, 0.3) is 0 Å². The molecule has 1 aliphatic carbocycles. The lowest BCUT2D eigenvalue weighted by molar-refractivity contribution is 0.171. The van der Waals surface area contributed by atoms with Crippen molar-refractivity contribution in [3.63, 3.8) is 0 Å². The normalized spacial score (nSPS) is 19.6. The number of halogens is 1. The van der Waals surface area contributed by atoms with Gasteiger partial charge in [-0.3, -0.25) is 0 Å². The third-order valence-electron chi connectivity index (χ3n) is 3.43. The van der Waals surface area contributed by atoms with Gasteiger partial charge in [-0.15, -0.1) is 11.6 Å². The van der Waals surface area contributed by atoms with Crippen LogP contribution < -0.4 is 14.2 Å². The molecule has 5 nitrogen and oxygen atoms in total. The Morgan fingerprint density at radius 1 is 1.25 bits per heavy atom. The lowest BCUT2D eigenvalue weighted by Gasteiger charge is -2.19. The first-order valence-electron chi connectivity index (χ1n) is 6.60. The minimum Gasteiger partial charge on any atom is -0.486 e. The monoisotopic (exact) mass is 317 g/mol. The van der Waals surface area contributed by atoms with Crippen LogP contribution in [0, 0.1) is 5.92 Å². The van der Waals surface area contributed by atoms with Gasteiger partial charge in [0.05, 0.1) is 4.90 Å². The Bertz CT molecular complexity index is 600. The maximum atomic E-state index is 12.2. The van der Waals surface area contributed by atoms with Crippen molar-refractivity contribution in [2.24, 2.45) is 5.92 Å². The fourth-order valence-electron chi connectivity index (χ4n) is 2.09. The van der Waals surface area contributed by atoms with Gasteiger partial charge in [-0.25, -0.2) is 13.1 Å². The maximum Gasteiger partial charge on any atom is 0.240 e. The largest absolute Gasteiger partial charge is 0.486 e. The van der Waals surface area contributed by atoms with Gasteiger partial charge >= 0.3 is 0 Å². The van der Waals surface area contributed by atoms with Crippen LogP contribution in [-0.4, -0.2) is 33.6 Å². The van der Waals surface area contributed by atoms with E-state index in [0.717, 1.165) is 12.8 Å². The molecule has 1 aromatic carbocycles. The molecule has 0 amide bonds. The van der Waals surface area contributed by atoms with Crippen LogP contribution in [0.3, 0.4) is 0 Å². The summed E-state index contributed by atoms with van der Waals surface area (Å²) < 4.78 is 37.7. The predicted molar refractivity (Wildman–Crippen MR) is 75.0 cm³/mol. The number of benzene rings is 1. The van der Waals surface area contributed by atoms with Gasteiger partial charge in [0.1, 0.15) is 13.2 Å². The van der Waals surface area contributed by atoms with E-state index in [4.69, 9.17) is 21.1 Å². The third-order valence-corrected chi connectivity index (χ3v) is 5.36. The molecule has 1 aliphatic heterocycles. The lowest BCUT2D eigenvalue weighted by atomic mass is 10.3. The van der Waals surface area contributed by atoms with Gasteiger partial charge in [-0.1, -0.05) is 0 Å². The second kappa shape index (κ2) is 5.42. The first-order valence-corrected chi connectivity index (χ1v) is 8.51. The molecule has 20 heavy (non-hydrogen) atoms. The van der Waals surface area contributed by atoms with Crippen LogP contribution in [0.4, 0.5) is 0 Å². The topological polar surface area (TPSA) is 64.6 Å². The number of ether oxygens (including phenoxy) is 2. The lowest BCUT2D eigenvalue weighted by Crippen LogP contribution is -2.30. The molecule has 1 N–H and O–H groups in total. The molecule has 0 spiro atoms. The minimum absolute atomic E-state index is 0.137. The van der Waals surface area contributed by atoms with Gasteiger partial charge in [0, 0.05) is 18.0 Å². The molecule has 2 aliphatic rings. The molecule has 1 heterocycles. The van der Waals surface area contributed by atoms with Crippen LogP contribution >= 0.6 is 11.6 Å². The summed E-state index contributed by atoms with van der Waals surface area (Å²) in [4.78, 5) is 0.168. The number of hydrogen-bond acceptors (Lipinski definition) is 4. The fraction of sp³-hybridized carbons (Fsp3) is 0.538. The minimum atomic E-state index is -3.56. The Hall–Kier alpha value is -0.980. The highest BCUT2D eigenvalue weighted by molar-refractivity contribution is 7.89. The summed E-state index contributed by atoms with van der Waals surface area (Å²) in [5.74, 6) is 1.48. The third kappa shape index (κ3) is 3.02. The first kappa shape index (κ1) is 14.0. The Kier molecular flexibility index (Phi) is 3.79. The summed E-state index contributed by atoms with van der Waals surface area (Å²) in [5.41, 5.74) is 0. The van der Waals surface area contributed by atoms with E-state index in [-0.39, 0.29) is 16.8 Å². The Balaban J connectivity index is 1.73. The zero-order valence-corrected chi connectivity index (χ0v) is 12.4. The van der Waals surface area contributed by atoms with E-state index in [0.29, 0.717) is 30.6 Å². The highest BCUT2D eigenvalue weighted by Crippen LogP contribution is 2.35. The molecule has 1 saturated carbocycles. The summed E-state index contributed by atoms with van der Waals surface area (Å²) >= 11 is 6.12. The number of rotatable bonds is 5. The van der Waals surface area contributed by atoms with Crippen LogP contribution in [0.1, 0.15) is 12.8 Å². The molecule has 1 atom stereocenters. The van der Waals surface area contributed by atoms with Crippen molar-refractivity contribution in [3.8, 4) is 11.5 Å². The van der Waals surface area contributed by atoms with Crippen molar-refractivity contribution < 1.29 is 17.9 Å². The van der Waals surface area contributed by atoms with Gasteiger partial charge in [0.15, 0.2) is 11.5 Å². The zero-order valence-electron chi connectivity index (χ0n) is 10.8. The molecule has 1 unspecified atom stereocenters. The molecule has 1 fully saturated rings. The first-order chi connectivity index (χ1) is 9.56. The van der Waals surface area contributed by atoms with Crippen molar-refractivity contribution in [1.82, 2.24) is 4.72 Å². The van der Waals surface area contributed by atoms with Crippen molar-refractivity contribution >= 4 is 21.6 Å². The molecular formula is C13H16ClNO4S. The van der Waals surface area contributed by atoms with Gasteiger partial charge in [-0.2, -0.15) is 0 Å². The smallest absolute Gasteiger partial charge is 0.240 e. The highest BCUT2D eigenvalue weighted by Gasteiger charge is 2.30. The Labute approximate surface area is 123 Å². The summed E-state index contributed by atoms with van der Waals surface area (Å²) in [6.07, 6.45) is 2.17. The molecular weight excluding hydrogens is 302 g/mol. The number of hydrogen-bond donors (Lipinski definition) is 1. The number of alkyl halides is 1. The van der Waals surface area contributed by atoms with Crippen molar-refractivity contribution in [2.75, 3.05) is 19.8 Å². The van der Waals surface area contributed by atoms with Gasteiger partial charge in [-0.05, 0) is 30.9 Å². The van der Waals surface area contributed by atoms with E-state index < -0.39 is 10.0 Å². The molecule has 110 valence electrons. The second-order valence-corrected chi connectivity index (χ2v) is 7.34. The van der Waals surface area contributed by atoms with Crippen LogP contribution in [-0.2, 0) is 10.0 Å². The number of nitrogens with one attached hydrogen (secondary N) is 1. The summed E-state index contributed by atoms with van der Waals surface area (Å²) in [6, 6.07) is 4.61. The standard InChI is InChI=1S/C13H16ClNO4S/c14-11(9-1-2-9)8-15-20(16,17)10-3-4-12-13(7-10)19-6-5-18-12/h3-4,7,9,11,15H,1-2,5-6,8H2. The van der Waals surface area contributed by atoms with Crippen LogP contribution in [0.2, 0.25) is 0 Å². The van der Waals surface area contributed by atoms with Gasteiger partial charge in [0.25, 0.3) is 0 Å². The van der Waals surface area contributed by atoms with E-state index in [1.54, 1.807) is 6.07 Å². The number of sulfonamides is 1. The Morgan fingerprint density at radius 3 is 2.65 bits per heavy atom. The SMILES string of the molecule is O=S(=O)(NCC(Cl)C1CC1)c1ccc2c(c1)OCCO2. The van der Waals surface area contributed by atoms with E-state index in [2.05, 4.69) is 4.72 Å². The maximum absolute atomic E-state index is 12.2. The van der Waals surface area contributed by atoms with Crippen LogP contribution in [0.15, 0.2) is 23.1 Å². The van der Waals surface area contributed by atoms with Crippen molar-refractivity contribution in [2.45, 2.75) is 23.1 Å². The van der Waals surface area contributed by atoms with Crippen LogP contribution in [0.5, 0.6) is 11.5 Å². The number of fused-ring (bicyclic) bond motifs is 1. The molecule has 0 saturated heterocycles. The summed E-state index contributed by atoms with van der Waals surface area (Å²) in [6.45, 7) is 1.16. The van der Waals surface area contributed by atoms with E-state index >= 15 is 0 Å². The predicted octanol–water partition coefficient (Wildman–Crippen LogP) is 1.75. The summed E-state index contributed by atoms with van der Waals surface area (Å²) in [5, 5.41) is -0.137. The van der Waals surface area contributed by atoms with Crippen molar-refractivity contribution in [3.05, 3.63) is 18.2 Å². The zero-order chi connectivity index (χ0) is 14.2. The second-order valence-electron chi connectivity index (χ2n) is 5.01. The molecule has 0 aromatic heterocycles. The van der Waals surface area contributed by atoms with Gasteiger partial charge in [0.2, 0.25) is 10.0 Å². The molecule has 0 bridgehead atoms.